The topological polar surface area (TPSA) is 26.0 Å². The molecule has 100 valence electrons. The third-order valence-electron chi connectivity index (χ3n) is 4.19. The minimum atomic E-state index is -0.842. The minimum absolute atomic E-state index is 0.0941. The van der Waals surface area contributed by atoms with Gasteiger partial charge in [-0.2, -0.15) is 0 Å². The highest BCUT2D eigenvalue weighted by Gasteiger charge is 2.35. The van der Waals surface area contributed by atoms with Gasteiger partial charge in [0.25, 0.3) is 0 Å². The smallest absolute Gasteiger partial charge is 0.134 e. The summed E-state index contributed by atoms with van der Waals surface area (Å²) in [5, 5.41) is 0. The largest absolute Gasteiger partial charge is 0.321 e. The van der Waals surface area contributed by atoms with E-state index in [-0.39, 0.29) is 5.56 Å². The molecule has 0 spiro atoms. The zero-order valence-electron chi connectivity index (χ0n) is 11.1. The molecule has 2 rings (SSSR count). The maximum Gasteiger partial charge on any atom is 0.134 e. The summed E-state index contributed by atoms with van der Waals surface area (Å²) >= 11 is 0. The van der Waals surface area contributed by atoms with Gasteiger partial charge < -0.3 is 5.73 Å². The predicted molar refractivity (Wildman–Crippen MR) is 69.2 cm³/mol. The third-order valence-corrected chi connectivity index (χ3v) is 4.19. The van der Waals surface area contributed by atoms with Crippen molar-refractivity contribution in [2.24, 2.45) is 11.7 Å². The molecule has 1 aliphatic carbocycles. The van der Waals surface area contributed by atoms with Crippen LogP contribution in [0.2, 0.25) is 0 Å². The summed E-state index contributed by atoms with van der Waals surface area (Å²) in [5.74, 6) is -0.381. The van der Waals surface area contributed by atoms with Gasteiger partial charge in [-0.3, -0.25) is 0 Å². The summed E-state index contributed by atoms with van der Waals surface area (Å²) in [6.07, 6.45) is 4.28. The Morgan fingerprint density at radius 3 is 2.67 bits per heavy atom. The van der Waals surface area contributed by atoms with Gasteiger partial charge in [0.05, 0.1) is 0 Å². The second kappa shape index (κ2) is 4.96. The van der Waals surface area contributed by atoms with Gasteiger partial charge >= 0.3 is 0 Å². The van der Waals surface area contributed by atoms with Crippen LogP contribution in [0.3, 0.4) is 0 Å². The molecule has 1 aromatic rings. The van der Waals surface area contributed by atoms with Crippen molar-refractivity contribution in [3.05, 3.63) is 34.9 Å². The lowest BCUT2D eigenvalue weighted by Gasteiger charge is -2.30. The van der Waals surface area contributed by atoms with Gasteiger partial charge in [0.1, 0.15) is 11.6 Å². The van der Waals surface area contributed by atoms with Gasteiger partial charge in [0.15, 0.2) is 0 Å². The quantitative estimate of drug-likeness (QED) is 0.751. The summed E-state index contributed by atoms with van der Waals surface area (Å²) in [6.45, 7) is 3.83. The van der Waals surface area contributed by atoms with Crippen LogP contribution in [0.4, 0.5) is 8.78 Å². The molecule has 1 saturated carbocycles. The normalized spacial score (nSPS) is 29.1. The molecule has 0 amide bonds. The highest BCUT2D eigenvalue weighted by Crippen LogP contribution is 2.38. The Morgan fingerprint density at radius 2 is 1.94 bits per heavy atom. The summed E-state index contributed by atoms with van der Waals surface area (Å²) in [4.78, 5) is 0. The van der Waals surface area contributed by atoms with Crippen LogP contribution >= 0.6 is 0 Å². The van der Waals surface area contributed by atoms with E-state index in [0.29, 0.717) is 24.3 Å². The van der Waals surface area contributed by atoms with Gasteiger partial charge in [-0.1, -0.05) is 25.8 Å². The van der Waals surface area contributed by atoms with E-state index >= 15 is 0 Å². The number of halogens is 2. The fourth-order valence-corrected chi connectivity index (χ4v) is 2.90. The van der Waals surface area contributed by atoms with Crippen LogP contribution in [0.25, 0.3) is 0 Å². The van der Waals surface area contributed by atoms with Crippen molar-refractivity contribution < 1.29 is 8.78 Å². The molecular weight excluding hydrogens is 232 g/mol. The molecule has 1 aromatic carbocycles. The molecule has 3 heteroatoms. The standard InChI is InChI=1S/C15H21F2N/c1-10-4-3-8-15(18,9-7-10)13-12(16)6-5-11(2)14(13)17/h5-6,10H,3-4,7-9,18H2,1-2H3. The molecular formula is C15H21F2N. The van der Waals surface area contributed by atoms with Crippen molar-refractivity contribution in [2.45, 2.75) is 51.5 Å². The predicted octanol–water partition coefficient (Wildman–Crippen LogP) is 4.03. The maximum atomic E-state index is 14.2. The van der Waals surface area contributed by atoms with Gasteiger partial charge in [-0.15, -0.1) is 0 Å². The lowest BCUT2D eigenvalue weighted by Crippen LogP contribution is -2.38. The molecule has 0 aliphatic heterocycles. The first-order chi connectivity index (χ1) is 8.44. The first kappa shape index (κ1) is 13.5. The molecule has 1 aliphatic rings. The van der Waals surface area contributed by atoms with Gasteiger partial charge in [0.2, 0.25) is 0 Å². The molecule has 2 N–H and O–H groups in total. The lowest BCUT2D eigenvalue weighted by atomic mass is 9.82. The van der Waals surface area contributed by atoms with Crippen LogP contribution < -0.4 is 5.73 Å². The second-order valence-electron chi connectivity index (χ2n) is 5.75. The van der Waals surface area contributed by atoms with Gasteiger partial charge in [-0.05, 0) is 43.7 Å². The Labute approximate surface area is 107 Å². The number of aryl methyl sites for hydroxylation is 1. The molecule has 0 radical (unpaired) electrons. The Morgan fingerprint density at radius 1 is 1.22 bits per heavy atom. The van der Waals surface area contributed by atoms with Crippen LogP contribution in [0.1, 0.15) is 50.2 Å². The Bertz CT molecular complexity index is 444. The molecule has 0 bridgehead atoms. The van der Waals surface area contributed by atoms with E-state index in [1.807, 2.05) is 0 Å². The van der Waals surface area contributed by atoms with Crippen molar-refractivity contribution >= 4 is 0 Å². The van der Waals surface area contributed by atoms with E-state index in [4.69, 9.17) is 5.73 Å². The van der Waals surface area contributed by atoms with Crippen LogP contribution in [-0.2, 0) is 5.54 Å². The summed E-state index contributed by atoms with van der Waals surface area (Å²) in [6, 6.07) is 2.80. The Hall–Kier alpha value is -0.960. The van der Waals surface area contributed by atoms with Gasteiger partial charge in [0, 0.05) is 11.1 Å². The molecule has 0 heterocycles. The van der Waals surface area contributed by atoms with E-state index in [1.54, 1.807) is 6.92 Å². The van der Waals surface area contributed by atoms with E-state index in [1.165, 1.54) is 12.1 Å². The zero-order valence-corrected chi connectivity index (χ0v) is 11.1. The Balaban J connectivity index is 2.43. The third kappa shape index (κ3) is 2.41. The van der Waals surface area contributed by atoms with Crippen molar-refractivity contribution in [3.63, 3.8) is 0 Å². The number of rotatable bonds is 1. The van der Waals surface area contributed by atoms with E-state index in [2.05, 4.69) is 6.92 Å². The van der Waals surface area contributed by atoms with Crippen molar-refractivity contribution in [1.82, 2.24) is 0 Å². The van der Waals surface area contributed by atoms with Crippen molar-refractivity contribution in [3.8, 4) is 0 Å². The average molecular weight is 253 g/mol. The maximum absolute atomic E-state index is 14.2. The van der Waals surface area contributed by atoms with Crippen LogP contribution in [0.5, 0.6) is 0 Å². The van der Waals surface area contributed by atoms with E-state index in [9.17, 15) is 8.78 Å². The van der Waals surface area contributed by atoms with Crippen molar-refractivity contribution in [1.29, 1.82) is 0 Å². The van der Waals surface area contributed by atoms with Crippen LogP contribution in [0, 0.1) is 24.5 Å². The van der Waals surface area contributed by atoms with Crippen molar-refractivity contribution in [2.75, 3.05) is 0 Å². The first-order valence-corrected chi connectivity index (χ1v) is 6.68. The lowest BCUT2D eigenvalue weighted by molar-refractivity contribution is 0.344. The number of nitrogens with two attached hydrogens (primary N) is 1. The first-order valence-electron chi connectivity index (χ1n) is 6.68. The highest BCUT2D eigenvalue weighted by atomic mass is 19.1. The van der Waals surface area contributed by atoms with Crippen LogP contribution in [0.15, 0.2) is 12.1 Å². The molecule has 2 atom stereocenters. The summed E-state index contributed by atoms with van der Waals surface area (Å²) in [7, 11) is 0. The molecule has 2 unspecified atom stereocenters. The SMILES string of the molecule is Cc1ccc(F)c(C2(N)CCCC(C)CC2)c1F. The summed E-state index contributed by atoms with van der Waals surface area (Å²) in [5.41, 5.74) is 6.05. The second-order valence-corrected chi connectivity index (χ2v) is 5.75. The fraction of sp³-hybridized carbons (Fsp3) is 0.600. The van der Waals surface area contributed by atoms with E-state index in [0.717, 1.165) is 19.3 Å². The summed E-state index contributed by atoms with van der Waals surface area (Å²) < 4.78 is 28.2. The molecule has 18 heavy (non-hydrogen) atoms. The highest BCUT2D eigenvalue weighted by molar-refractivity contribution is 5.32. The number of hydrogen-bond acceptors (Lipinski definition) is 1. The van der Waals surface area contributed by atoms with Crippen LogP contribution in [-0.4, -0.2) is 0 Å². The molecule has 1 nitrogen and oxygen atoms in total. The Kier molecular flexibility index (Phi) is 3.71. The van der Waals surface area contributed by atoms with Gasteiger partial charge in [-0.25, -0.2) is 8.78 Å². The molecule has 1 fully saturated rings. The minimum Gasteiger partial charge on any atom is -0.321 e. The number of hydrogen-bond donors (Lipinski definition) is 1. The fourth-order valence-electron chi connectivity index (χ4n) is 2.90. The van der Waals surface area contributed by atoms with E-state index < -0.39 is 17.2 Å². The number of benzene rings is 1. The molecule has 0 saturated heterocycles. The average Bonchev–Trinajstić information content (AvgIpc) is 2.48. The molecule has 0 aromatic heterocycles. The zero-order chi connectivity index (χ0) is 13.3. The monoisotopic (exact) mass is 253 g/mol.